The van der Waals surface area contributed by atoms with Crippen molar-refractivity contribution in [2.45, 2.75) is 19.4 Å². The molecule has 0 spiro atoms. The average Bonchev–Trinajstić information content (AvgIpc) is 2.28. The summed E-state index contributed by atoms with van der Waals surface area (Å²) in [6.07, 6.45) is 1.43. The lowest BCUT2D eigenvalue weighted by Crippen LogP contribution is -2.50. The first-order valence-corrected chi connectivity index (χ1v) is 6.18. The molecule has 1 aromatic rings. The van der Waals surface area contributed by atoms with Gasteiger partial charge in [-0.15, -0.1) is 0 Å². The van der Waals surface area contributed by atoms with Crippen LogP contribution >= 0.6 is 0 Å². The molecule has 0 unspecified atom stereocenters. The second kappa shape index (κ2) is 5.07. The van der Waals surface area contributed by atoms with Crippen LogP contribution in [0.15, 0.2) is 17.2 Å². The number of H-pyrrole nitrogens is 1. The Morgan fingerprint density at radius 3 is 2.61 bits per heavy atom. The first-order valence-electron chi connectivity index (χ1n) is 6.18. The van der Waals surface area contributed by atoms with Gasteiger partial charge in [-0.05, 0) is 13.8 Å². The fourth-order valence-corrected chi connectivity index (χ4v) is 2.21. The van der Waals surface area contributed by atoms with Gasteiger partial charge in [0.05, 0.1) is 11.9 Å². The van der Waals surface area contributed by atoms with Gasteiger partial charge in [-0.1, -0.05) is 0 Å². The number of nitrogens with zero attached hydrogens (tertiary/aromatic N) is 3. The largest absolute Gasteiger partial charge is 0.389 e. The number of nitrogens with one attached hydrogen (secondary N) is 1. The molecule has 1 aromatic heterocycles. The maximum Gasteiger partial charge on any atom is 0.252 e. The molecule has 6 heteroatoms. The Kier molecular flexibility index (Phi) is 3.68. The molecule has 1 aliphatic heterocycles. The van der Waals surface area contributed by atoms with Crippen molar-refractivity contribution in [3.8, 4) is 0 Å². The van der Waals surface area contributed by atoms with E-state index in [2.05, 4.69) is 19.8 Å². The summed E-state index contributed by atoms with van der Waals surface area (Å²) in [6.45, 7) is 7.70. The van der Waals surface area contributed by atoms with Crippen LogP contribution in [0.25, 0.3) is 0 Å². The highest BCUT2D eigenvalue weighted by molar-refractivity contribution is 5.36. The number of β-amino-alcohol motifs (C(OH)–C–C–N with tert-alkyl or cyclic N) is 1. The summed E-state index contributed by atoms with van der Waals surface area (Å²) in [4.78, 5) is 22.2. The number of aromatic amines is 1. The molecule has 2 heterocycles. The van der Waals surface area contributed by atoms with Crippen LogP contribution in [0.1, 0.15) is 13.8 Å². The first-order chi connectivity index (χ1) is 8.44. The van der Waals surface area contributed by atoms with Crippen molar-refractivity contribution in [2.24, 2.45) is 0 Å². The molecular formula is C12H20N4O2. The number of rotatable bonds is 3. The zero-order valence-corrected chi connectivity index (χ0v) is 10.9. The molecule has 18 heavy (non-hydrogen) atoms. The average molecular weight is 252 g/mol. The van der Waals surface area contributed by atoms with Gasteiger partial charge in [0.15, 0.2) is 0 Å². The fourth-order valence-electron chi connectivity index (χ4n) is 2.21. The maximum atomic E-state index is 11.2. The van der Waals surface area contributed by atoms with Crippen LogP contribution < -0.4 is 10.5 Å². The van der Waals surface area contributed by atoms with E-state index in [1.54, 1.807) is 0 Å². The number of piperazine rings is 1. The van der Waals surface area contributed by atoms with E-state index in [0.29, 0.717) is 6.54 Å². The first kappa shape index (κ1) is 13.0. The third kappa shape index (κ3) is 3.54. The van der Waals surface area contributed by atoms with Gasteiger partial charge in [-0.2, -0.15) is 0 Å². The molecule has 1 aliphatic rings. The normalized spacial score (nSPS) is 18.1. The summed E-state index contributed by atoms with van der Waals surface area (Å²) >= 11 is 0. The minimum atomic E-state index is -0.662. The molecular weight excluding hydrogens is 232 g/mol. The topological polar surface area (TPSA) is 72.5 Å². The lowest BCUT2D eigenvalue weighted by molar-refractivity contribution is 0.0344. The molecule has 6 nitrogen and oxygen atoms in total. The predicted molar refractivity (Wildman–Crippen MR) is 69.8 cm³/mol. The van der Waals surface area contributed by atoms with Crippen molar-refractivity contribution >= 4 is 5.82 Å². The van der Waals surface area contributed by atoms with E-state index < -0.39 is 5.60 Å². The standard InChI is InChI=1S/C12H20N4O2/c1-12(2,18)8-15-3-5-16(6-4-15)10-7-11(17)14-9-13-10/h7,9,18H,3-6,8H2,1-2H3,(H,13,14,17). The van der Waals surface area contributed by atoms with E-state index in [-0.39, 0.29) is 5.56 Å². The van der Waals surface area contributed by atoms with Crippen molar-refractivity contribution in [3.05, 3.63) is 22.7 Å². The summed E-state index contributed by atoms with van der Waals surface area (Å²) in [5.74, 6) is 0.724. The second-order valence-corrected chi connectivity index (χ2v) is 5.34. The molecule has 0 bridgehead atoms. The Balaban J connectivity index is 1.93. The van der Waals surface area contributed by atoms with Crippen molar-refractivity contribution < 1.29 is 5.11 Å². The van der Waals surface area contributed by atoms with Gasteiger partial charge in [0, 0.05) is 38.8 Å². The number of aromatic nitrogens is 2. The summed E-state index contributed by atoms with van der Waals surface area (Å²) < 4.78 is 0. The van der Waals surface area contributed by atoms with Gasteiger partial charge in [0.1, 0.15) is 5.82 Å². The maximum absolute atomic E-state index is 11.2. The zero-order chi connectivity index (χ0) is 13.2. The van der Waals surface area contributed by atoms with E-state index in [9.17, 15) is 9.90 Å². The molecule has 0 aliphatic carbocycles. The molecule has 1 saturated heterocycles. The van der Waals surface area contributed by atoms with Crippen molar-refractivity contribution in [1.82, 2.24) is 14.9 Å². The van der Waals surface area contributed by atoms with Crippen LogP contribution in [-0.2, 0) is 0 Å². The highest BCUT2D eigenvalue weighted by atomic mass is 16.3. The monoisotopic (exact) mass is 252 g/mol. The third-order valence-electron chi connectivity index (χ3n) is 2.97. The number of hydrogen-bond donors (Lipinski definition) is 2. The molecule has 0 radical (unpaired) electrons. The molecule has 1 fully saturated rings. The second-order valence-electron chi connectivity index (χ2n) is 5.34. The Labute approximate surface area is 106 Å². The Morgan fingerprint density at radius 1 is 1.39 bits per heavy atom. The number of hydrogen-bond acceptors (Lipinski definition) is 5. The molecule has 0 atom stereocenters. The highest BCUT2D eigenvalue weighted by Gasteiger charge is 2.23. The van der Waals surface area contributed by atoms with Gasteiger partial charge in [-0.25, -0.2) is 4.98 Å². The van der Waals surface area contributed by atoms with Crippen LogP contribution in [-0.4, -0.2) is 58.3 Å². The van der Waals surface area contributed by atoms with Gasteiger partial charge in [0.2, 0.25) is 0 Å². The van der Waals surface area contributed by atoms with Crippen LogP contribution in [0.4, 0.5) is 5.82 Å². The van der Waals surface area contributed by atoms with E-state index in [4.69, 9.17) is 0 Å². The SMILES string of the molecule is CC(C)(O)CN1CCN(c2cc(=O)[nH]cn2)CC1. The summed E-state index contributed by atoms with van der Waals surface area (Å²) in [7, 11) is 0. The molecule has 0 saturated carbocycles. The van der Waals surface area contributed by atoms with E-state index in [1.807, 2.05) is 13.8 Å². The lowest BCUT2D eigenvalue weighted by Gasteiger charge is -2.37. The van der Waals surface area contributed by atoms with Crippen LogP contribution in [0.5, 0.6) is 0 Å². The van der Waals surface area contributed by atoms with E-state index in [0.717, 1.165) is 32.0 Å². The smallest absolute Gasteiger partial charge is 0.252 e. The van der Waals surface area contributed by atoms with E-state index >= 15 is 0 Å². The van der Waals surface area contributed by atoms with Gasteiger partial charge >= 0.3 is 0 Å². The summed E-state index contributed by atoms with van der Waals surface area (Å²) in [5, 5.41) is 9.78. The molecule has 0 aromatic carbocycles. The Morgan fingerprint density at radius 2 is 2.06 bits per heavy atom. The highest BCUT2D eigenvalue weighted by Crippen LogP contribution is 2.12. The predicted octanol–water partition coefficient (Wildman–Crippen LogP) is -0.337. The van der Waals surface area contributed by atoms with Gasteiger partial charge in [0.25, 0.3) is 5.56 Å². The molecule has 0 amide bonds. The minimum Gasteiger partial charge on any atom is -0.389 e. The molecule has 2 N–H and O–H groups in total. The summed E-state index contributed by atoms with van der Waals surface area (Å²) in [6, 6.07) is 1.52. The van der Waals surface area contributed by atoms with Gasteiger partial charge in [-0.3, -0.25) is 9.69 Å². The van der Waals surface area contributed by atoms with Gasteiger partial charge < -0.3 is 15.0 Å². The lowest BCUT2D eigenvalue weighted by atomic mass is 10.1. The molecule has 2 rings (SSSR count). The Hall–Kier alpha value is -1.40. The quantitative estimate of drug-likeness (QED) is 0.770. The zero-order valence-electron chi connectivity index (χ0n) is 10.9. The molecule has 100 valence electrons. The van der Waals surface area contributed by atoms with Crippen molar-refractivity contribution in [3.63, 3.8) is 0 Å². The summed E-state index contributed by atoms with van der Waals surface area (Å²) in [5.41, 5.74) is -0.788. The number of aliphatic hydroxyl groups is 1. The number of anilines is 1. The minimum absolute atomic E-state index is 0.126. The fraction of sp³-hybridized carbons (Fsp3) is 0.667. The third-order valence-corrected chi connectivity index (χ3v) is 2.97. The van der Waals surface area contributed by atoms with Crippen molar-refractivity contribution in [2.75, 3.05) is 37.6 Å². The Bertz CT molecular complexity index is 444. The van der Waals surface area contributed by atoms with Crippen LogP contribution in [0.2, 0.25) is 0 Å². The van der Waals surface area contributed by atoms with Crippen LogP contribution in [0.3, 0.4) is 0 Å². The van der Waals surface area contributed by atoms with Crippen molar-refractivity contribution in [1.29, 1.82) is 0 Å². The van der Waals surface area contributed by atoms with E-state index in [1.165, 1.54) is 12.4 Å². The van der Waals surface area contributed by atoms with Crippen LogP contribution in [0, 0.1) is 0 Å².